The van der Waals surface area contributed by atoms with Gasteiger partial charge in [0.15, 0.2) is 18.9 Å². The number of aryl methyl sites for hydroxylation is 1. The van der Waals surface area contributed by atoms with Crippen LogP contribution in [-0.2, 0) is 16.7 Å². The molecule has 0 aliphatic carbocycles. The predicted molar refractivity (Wildman–Crippen MR) is 73.7 cm³/mol. The highest BCUT2D eigenvalue weighted by Gasteiger charge is 2.10. The first kappa shape index (κ1) is 14.8. The lowest BCUT2D eigenvalue weighted by atomic mass is 10.2. The van der Waals surface area contributed by atoms with E-state index in [1.807, 2.05) is 6.26 Å². The Morgan fingerprint density at radius 2 is 2.05 bits per heavy atom. The SMILES string of the molecule is CSc1nncc(-c2cc[n+](CCS(=O)(=O)O)cc2)n1. The largest absolute Gasteiger partial charge is 0.285 e. The van der Waals surface area contributed by atoms with Gasteiger partial charge < -0.3 is 0 Å². The highest BCUT2D eigenvalue weighted by atomic mass is 32.2. The van der Waals surface area contributed by atoms with Crippen molar-refractivity contribution in [1.29, 1.82) is 0 Å². The van der Waals surface area contributed by atoms with Crippen LogP contribution in [0.5, 0.6) is 0 Å². The summed E-state index contributed by atoms with van der Waals surface area (Å²) in [6.45, 7) is 0.192. The third-order valence-electron chi connectivity index (χ3n) is 2.52. The Labute approximate surface area is 120 Å². The molecule has 2 heterocycles. The Kier molecular flexibility index (Phi) is 4.63. The second-order valence-electron chi connectivity index (χ2n) is 3.94. The molecule has 0 atom stereocenters. The second-order valence-corrected chi connectivity index (χ2v) is 6.28. The third-order valence-corrected chi connectivity index (χ3v) is 3.75. The average molecular weight is 313 g/mol. The summed E-state index contributed by atoms with van der Waals surface area (Å²) < 4.78 is 31.7. The molecule has 0 aliphatic heterocycles. The summed E-state index contributed by atoms with van der Waals surface area (Å²) in [4.78, 5) is 4.32. The maximum Gasteiger partial charge on any atom is 0.271 e. The van der Waals surface area contributed by atoms with Gasteiger partial charge in [-0.2, -0.15) is 13.5 Å². The fourth-order valence-corrected chi connectivity index (χ4v) is 2.27. The molecule has 1 N–H and O–H groups in total. The maximum absolute atomic E-state index is 10.7. The van der Waals surface area contributed by atoms with E-state index in [9.17, 15) is 8.42 Å². The lowest BCUT2D eigenvalue weighted by Crippen LogP contribution is -2.36. The zero-order valence-corrected chi connectivity index (χ0v) is 12.3. The van der Waals surface area contributed by atoms with Gasteiger partial charge in [0.05, 0.1) is 11.9 Å². The van der Waals surface area contributed by atoms with Gasteiger partial charge in [-0.15, -0.1) is 5.10 Å². The highest BCUT2D eigenvalue weighted by Crippen LogP contribution is 2.16. The van der Waals surface area contributed by atoms with Gasteiger partial charge >= 0.3 is 0 Å². The van der Waals surface area contributed by atoms with Crippen molar-refractivity contribution in [3.8, 4) is 11.3 Å². The third kappa shape index (κ3) is 4.22. The minimum Gasteiger partial charge on any atom is -0.285 e. The van der Waals surface area contributed by atoms with Crippen molar-refractivity contribution >= 4 is 21.9 Å². The smallest absolute Gasteiger partial charge is 0.271 e. The summed E-state index contributed by atoms with van der Waals surface area (Å²) in [6.07, 6.45) is 6.88. The standard InChI is InChI=1S/C11H12N4O3S2/c1-19-11-13-10(8-12-14-11)9-2-4-15(5-3-9)6-7-20(16,17)18/h2-5,8H,6-7H2,1H3/p+1. The normalized spacial score (nSPS) is 11.5. The van der Waals surface area contributed by atoms with E-state index in [0.29, 0.717) is 10.9 Å². The van der Waals surface area contributed by atoms with Crippen molar-refractivity contribution < 1.29 is 17.5 Å². The summed E-state index contributed by atoms with van der Waals surface area (Å²) in [5, 5.41) is 8.32. The average Bonchev–Trinajstić information content (AvgIpc) is 2.45. The van der Waals surface area contributed by atoms with E-state index in [2.05, 4.69) is 15.2 Å². The van der Waals surface area contributed by atoms with Crippen LogP contribution in [0.25, 0.3) is 11.3 Å². The highest BCUT2D eigenvalue weighted by molar-refractivity contribution is 7.98. The molecule has 106 valence electrons. The maximum atomic E-state index is 10.7. The van der Waals surface area contributed by atoms with E-state index in [1.165, 1.54) is 11.8 Å². The molecular formula is C11H13N4O3S2+. The summed E-state index contributed by atoms with van der Waals surface area (Å²) in [7, 11) is -3.95. The number of nitrogens with zero attached hydrogens (tertiary/aromatic N) is 4. The van der Waals surface area contributed by atoms with E-state index in [-0.39, 0.29) is 12.3 Å². The monoisotopic (exact) mass is 313 g/mol. The molecule has 0 saturated heterocycles. The molecule has 0 spiro atoms. The van der Waals surface area contributed by atoms with Crippen LogP contribution in [0.3, 0.4) is 0 Å². The van der Waals surface area contributed by atoms with Crippen LogP contribution in [-0.4, -0.2) is 40.2 Å². The molecule has 9 heteroatoms. The van der Waals surface area contributed by atoms with Gasteiger partial charge in [0, 0.05) is 17.7 Å². The van der Waals surface area contributed by atoms with Gasteiger partial charge in [0.1, 0.15) is 5.75 Å². The Balaban J connectivity index is 2.15. The van der Waals surface area contributed by atoms with Crippen LogP contribution >= 0.6 is 11.8 Å². The molecule has 20 heavy (non-hydrogen) atoms. The Morgan fingerprint density at radius 1 is 1.35 bits per heavy atom. The van der Waals surface area contributed by atoms with E-state index in [0.717, 1.165) is 5.56 Å². The first-order valence-corrected chi connectivity index (χ1v) is 8.50. The van der Waals surface area contributed by atoms with Gasteiger partial charge in [-0.25, -0.2) is 9.55 Å². The van der Waals surface area contributed by atoms with Crippen molar-refractivity contribution in [2.24, 2.45) is 0 Å². The summed E-state index contributed by atoms with van der Waals surface area (Å²) in [5.41, 5.74) is 1.56. The first-order valence-electron chi connectivity index (χ1n) is 5.66. The van der Waals surface area contributed by atoms with Crippen LogP contribution < -0.4 is 4.57 Å². The van der Waals surface area contributed by atoms with Gasteiger partial charge in [-0.1, -0.05) is 11.8 Å². The fraction of sp³-hybridized carbons (Fsp3) is 0.273. The Bertz CT molecular complexity index is 689. The first-order chi connectivity index (χ1) is 9.48. The van der Waals surface area contributed by atoms with Crippen molar-refractivity contribution in [2.75, 3.05) is 12.0 Å². The molecule has 2 aromatic rings. The molecule has 0 aromatic carbocycles. The molecule has 7 nitrogen and oxygen atoms in total. The zero-order chi connectivity index (χ0) is 14.6. The number of rotatable bonds is 5. The number of aromatic nitrogens is 4. The molecule has 0 aliphatic rings. The molecule has 0 radical (unpaired) electrons. The molecule has 0 bridgehead atoms. The van der Waals surface area contributed by atoms with Gasteiger partial charge in [-0.3, -0.25) is 4.55 Å². The van der Waals surface area contributed by atoms with Crippen LogP contribution in [0.2, 0.25) is 0 Å². The fourth-order valence-electron chi connectivity index (χ4n) is 1.51. The molecule has 0 saturated carbocycles. The van der Waals surface area contributed by atoms with Gasteiger partial charge in [-0.05, 0) is 6.26 Å². The summed E-state index contributed by atoms with van der Waals surface area (Å²) >= 11 is 1.41. The van der Waals surface area contributed by atoms with E-state index in [1.54, 1.807) is 35.3 Å². The van der Waals surface area contributed by atoms with E-state index >= 15 is 0 Å². The number of pyridine rings is 1. The van der Waals surface area contributed by atoms with Gasteiger partial charge in [0.2, 0.25) is 5.16 Å². The Morgan fingerprint density at radius 3 is 2.65 bits per heavy atom. The quantitative estimate of drug-likeness (QED) is 0.486. The van der Waals surface area contributed by atoms with Gasteiger partial charge in [0.25, 0.3) is 10.1 Å². The lowest BCUT2D eigenvalue weighted by Gasteiger charge is -2.01. The van der Waals surface area contributed by atoms with Crippen LogP contribution in [0.15, 0.2) is 35.9 Å². The summed E-state index contributed by atoms with van der Waals surface area (Å²) in [6, 6.07) is 3.61. The van der Waals surface area contributed by atoms with Crippen LogP contribution in [0, 0.1) is 0 Å². The minimum atomic E-state index is -3.95. The van der Waals surface area contributed by atoms with Crippen LogP contribution in [0.1, 0.15) is 0 Å². The van der Waals surface area contributed by atoms with Crippen molar-refractivity contribution in [1.82, 2.24) is 15.2 Å². The second kappa shape index (κ2) is 6.25. The molecule has 0 unspecified atom stereocenters. The molecule has 2 rings (SSSR count). The molecule has 2 aromatic heterocycles. The molecule has 0 fully saturated rings. The minimum absolute atomic E-state index is 0.192. The number of thioether (sulfide) groups is 1. The van der Waals surface area contributed by atoms with E-state index < -0.39 is 10.1 Å². The van der Waals surface area contributed by atoms with Crippen molar-refractivity contribution in [3.05, 3.63) is 30.7 Å². The molecule has 0 amide bonds. The van der Waals surface area contributed by atoms with Crippen LogP contribution in [0.4, 0.5) is 0 Å². The van der Waals surface area contributed by atoms with Crippen molar-refractivity contribution in [3.63, 3.8) is 0 Å². The topological polar surface area (TPSA) is 96.9 Å². The zero-order valence-electron chi connectivity index (χ0n) is 10.7. The van der Waals surface area contributed by atoms with Crippen molar-refractivity contribution in [2.45, 2.75) is 11.7 Å². The number of hydrogen-bond acceptors (Lipinski definition) is 6. The Hall–Kier alpha value is -1.58. The van der Waals surface area contributed by atoms with E-state index in [4.69, 9.17) is 4.55 Å². The predicted octanol–water partition coefficient (Wildman–Crippen LogP) is 0.436. The number of hydrogen-bond donors (Lipinski definition) is 1. The lowest BCUT2D eigenvalue weighted by molar-refractivity contribution is -0.692. The molecular weight excluding hydrogens is 300 g/mol. The summed E-state index contributed by atoms with van der Waals surface area (Å²) in [5.74, 6) is -0.317.